The SMILES string of the molecule is CC(C)(C)c1ccnc(-c2ccc(-c3ccccc3-c3cc(-c4ccccc4-c4cn[nH]c4)cc(-c4ccccc4-c4cn[nH]c4)c3)cc2)c1. The van der Waals surface area contributed by atoms with E-state index in [4.69, 9.17) is 4.98 Å². The number of H-pyrrole nitrogens is 2. The van der Waals surface area contributed by atoms with Crippen molar-refractivity contribution in [3.63, 3.8) is 0 Å². The van der Waals surface area contributed by atoms with Gasteiger partial charge in [0, 0.05) is 35.3 Å². The van der Waals surface area contributed by atoms with Gasteiger partial charge >= 0.3 is 0 Å². The topological polar surface area (TPSA) is 70.2 Å². The van der Waals surface area contributed by atoms with Crippen LogP contribution in [0.1, 0.15) is 26.3 Å². The lowest BCUT2D eigenvalue weighted by Gasteiger charge is -2.19. The van der Waals surface area contributed by atoms with Crippen molar-refractivity contribution in [1.29, 1.82) is 0 Å². The van der Waals surface area contributed by atoms with Crippen LogP contribution in [-0.4, -0.2) is 25.4 Å². The Morgan fingerprint density at radius 3 is 1.22 bits per heavy atom. The van der Waals surface area contributed by atoms with Crippen molar-refractivity contribution in [2.45, 2.75) is 26.2 Å². The van der Waals surface area contributed by atoms with E-state index in [1.54, 1.807) is 0 Å². The molecule has 0 aliphatic carbocycles. The second-order valence-corrected chi connectivity index (χ2v) is 13.7. The van der Waals surface area contributed by atoms with Crippen LogP contribution in [-0.2, 0) is 5.41 Å². The van der Waals surface area contributed by atoms with E-state index in [2.05, 4.69) is 169 Å². The van der Waals surface area contributed by atoms with Crippen molar-refractivity contribution in [2.24, 2.45) is 0 Å². The number of nitrogens with zero attached hydrogens (tertiary/aromatic N) is 3. The second kappa shape index (κ2) is 12.9. The quantitative estimate of drug-likeness (QED) is 0.181. The molecular weight excluding hydrogens is 611 g/mol. The summed E-state index contributed by atoms with van der Waals surface area (Å²) in [5.41, 5.74) is 17.0. The van der Waals surface area contributed by atoms with E-state index in [-0.39, 0.29) is 5.41 Å². The molecule has 0 fully saturated rings. The summed E-state index contributed by atoms with van der Waals surface area (Å²) < 4.78 is 0. The molecule has 0 saturated heterocycles. The van der Waals surface area contributed by atoms with E-state index in [0.717, 1.165) is 72.5 Å². The molecule has 5 heteroatoms. The molecule has 2 N–H and O–H groups in total. The Morgan fingerprint density at radius 2 is 0.820 bits per heavy atom. The summed E-state index contributed by atoms with van der Waals surface area (Å²) in [4.78, 5) is 4.71. The van der Waals surface area contributed by atoms with E-state index < -0.39 is 0 Å². The van der Waals surface area contributed by atoms with Crippen molar-refractivity contribution in [1.82, 2.24) is 25.4 Å². The van der Waals surface area contributed by atoms with Crippen molar-refractivity contribution in [2.75, 3.05) is 0 Å². The summed E-state index contributed by atoms with van der Waals surface area (Å²) in [6.07, 6.45) is 9.58. The van der Waals surface area contributed by atoms with Crippen LogP contribution in [0.2, 0.25) is 0 Å². The molecule has 50 heavy (non-hydrogen) atoms. The highest BCUT2D eigenvalue weighted by atomic mass is 15.1. The van der Waals surface area contributed by atoms with Crippen molar-refractivity contribution in [3.05, 3.63) is 164 Å². The predicted molar refractivity (Wildman–Crippen MR) is 205 cm³/mol. The number of benzene rings is 5. The molecule has 0 amide bonds. The maximum atomic E-state index is 4.71. The van der Waals surface area contributed by atoms with Crippen LogP contribution < -0.4 is 0 Å². The van der Waals surface area contributed by atoms with E-state index in [1.165, 1.54) is 11.1 Å². The van der Waals surface area contributed by atoms with Gasteiger partial charge in [-0.25, -0.2) is 0 Å². The summed E-state index contributed by atoms with van der Waals surface area (Å²) in [5.74, 6) is 0. The molecule has 0 bridgehead atoms. The number of hydrogen-bond acceptors (Lipinski definition) is 3. The molecule has 0 unspecified atom stereocenters. The first-order chi connectivity index (χ1) is 24.4. The predicted octanol–water partition coefficient (Wildman–Crippen LogP) is 11.5. The van der Waals surface area contributed by atoms with Gasteiger partial charge in [0.15, 0.2) is 0 Å². The Balaban J connectivity index is 1.28. The standard InChI is InChI=1S/C45H37N5/c1-45(2,3)37-20-21-46-44(25-37)31-18-16-30(17-19-31)38-10-4-5-11-39(38)32-22-33(40-12-6-8-14-42(40)35-26-47-48-27-35)24-34(23-32)41-13-7-9-15-43(41)36-28-49-50-29-36/h4-29H,1-3H3,(H,47,48)(H,49,50). The fraction of sp³-hybridized carbons (Fsp3) is 0.0889. The molecule has 0 spiro atoms. The van der Waals surface area contributed by atoms with Crippen molar-refractivity contribution in [3.8, 4) is 78.0 Å². The van der Waals surface area contributed by atoms with Crippen molar-refractivity contribution < 1.29 is 0 Å². The highest BCUT2D eigenvalue weighted by molar-refractivity contribution is 5.94. The molecule has 0 radical (unpaired) electrons. The third kappa shape index (κ3) is 6.06. The number of aromatic nitrogens is 5. The average Bonchev–Trinajstić information content (AvgIpc) is 3.91. The molecule has 0 saturated carbocycles. The Bertz CT molecular complexity index is 2300. The first kappa shape index (κ1) is 31.0. The molecule has 8 aromatic rings. The summed E-state index contributed by atoms with van der Waals surface area (Å²) in [6, 6.07) is 45.8. The van der Waals surface area contributed by atoms with Gasteiger partial charge in [0.2, 0.25) is 0 Å². The summed E-state index contributed by atoms with van der Waals surface area (Å²) in [7, 11) is 0. The van der Waals surface area contributed by atoms with Gasteiger partial charge in [-0.05, 0) is 96.9 Å². The Kier molecular flexibility index (Phi) is 8.01. The molecule has 3 aromatic heterocycles. The van der Waals surface area contributed by atoms with Crippen LogP contribution >= 0.6 is 0 Å². The minimum Gasteiger partial charge on any atom is -0.285 e. The monoisotopic (exact) mass is 647 g/mol. The van der Waals surface area contributed by atoms with Gasteiger partial charge in [-0.3, -0.25) is 15.2 Å². The molecule has 3 heterocycles. The van der Waals surface area contributed by atoms with E-state index >= 15 is 0 Å². The number of aromatic amines is 2. The minimum atomic E-state index is 0.0576. The average molecular weight is 648 g/mol. The summed E-state index contributed by atoms with van der Waals surface area (Å²) in [6.45, 7) is 6.70. The van der Waals surface area contributed by atoms with Crippen LogP contribution in [0, 0.1) is 0 Å². The van der Waals surface area contributed by atoms with Gasteiger partial charge in [0.1, 0.15) is 0 Å². The first-order valence-corrected chi connectivity index (χ1v) is 16.9. The number of hydrogen-bond donors (Lipinski definition) is 2. The Labute approximate surface area is 292 Å². The van der Waals surface area contributed by atoms with Gasteiger partial charge in [-0.15, -0.1) is 0 Å². The van der Waals surface area contributed by atoms with E-state index in [1.807, 2.05) is 31.0 Å². The van der Waals surface area contributed by atoms with Gasteiger partial charge in [0.25, 0.3) is 0 Å². The molecule has 0 atom stereocenters. The van der Waals surface area contributed by atoms with Gasteiger partial charge in [-0.2, -0.15) is 10.2 Å². The molecule has 5 aromatic carbocycles. The zero-order valence-corrected chi connectivity index (χ0v) is 28.4. The summed E-state index contributed by atoms with van der Waals surface area (Å²) >= 11 is 0. The molecular formula is C45H37N5. The molecule has 0 aliphatic heterocycles. The lowest BCUT2D eigenvalue weighted by Crippen LogP contribution is -2.11. The Hall–Kier alpha value is -6.33. The maximum Gasteiger partial charge on any atom is 0.0704 e. The van der Waals surface area contributed by atoms with Crippen LogP contribution in [0.15, 0.2) is 158 Å². The third-order valence-electron chi connectivity index (χ3n) is 9.38. The van der Waals surface area contributed by atoms with Gasteiger partial charge < -0.3 is 0 Å². The Morgan fingerprint density at radius 1 is 0.420 bits per heavy atom. The lowest BCUT2D eigenvalue weighted by atomic mass is 9.86. The zero-order chi connectivity index (χ0) is 34.1. The normalized spacial score (nSPS) is 11.5. The molecule has 5 nitrogen and oxygen atoms in total. The second-order valence-electron chi connectivity index (χ2n) is 13.7. The smallest absolute Gasteiger partial charge is 0.0704 e. The lowest BCUT2D eigenvalue weighted by molar-refractivity contribution is 0.589. The highest BCUT2D eigenvalue weighted by Crippen LogP contribution is 2.42. The van der Waals surface area contributed by atoms with Crippen LogP contribution in [0.5, 0.6) is 0 Å². The number of rotatable bonds is 7. The van der Waals surface area contributed by atoms with Crippen molar-refractivity contribution >= 4 is 0 Å². The van der Waals surface area contributed by atoms with Gasteiger partial charge in [-0.1, -0.05) is 118 Å². The number of pyridine rings is 1. The van der Waals surface area contributed by atoms with Crippen LogP contribution in [0.3, 0.4) is 0 Å². The van der Waals surface area contributed by atoms with Crippen LogP contribution in [0.4, 0.5) is 0 Å². The maximum absolute atomic E-state index is 4.71. The van der Waals surface area contributed by atoms with Crippen LogP contribution in [0.25, 0.3) is 78.0 Å². The fourth-order valence-electron chi connectivity index (χ4n) is 6.73. The zero-order valence-electron chi connectivity index (χ0n) is 28.4. The first-order valence-electron chi connectivity index (χ1n) is 16.9. The minimum absolute atomic E-state index is 0.0576. The fourth-order valence-corrected chi connectivity index (χ4v) is 6.73. The molecule has 8 rings (SSSR count). The van der Waals surface area contributed by atoms with Gasteiger partial charge in [0.05, 0.1) is 18.1 Å². The third-order valence-corrected chi connectivity index (χ3v) is 9.38. The largest absolute Gasteiger partial charge is 0.285 e. The highest BCUT2D eigenvalue weighted by Gasteiger charge is 2.17. The molecule has 242 valence electrons. The van der Waals surface area contributed by atoms with E-state index in [0.29, 0.717) is 0 Å². The molecule has 0 aliphatic rings. The number of nitrogens with one attached hydrogen (secondary N) is 2. The van der Waals surface area contributed by atoms with E-state index in [9.17, 15) is 0 Å². The summed E-state index contributed by atoms with van der Waals surface area (Å²) in [5, 5.41) is 14.5.